The Morgan fingerprint density at radius 3 is 2.08 bits per heavy atom. The minimum absolute atomic E-state index is 0.0565. The Morgan fingerprint density at radius 2 is 1.52 bits per heavy atom. The van der Waals surface area contributed by atoms with E-state index in [2.05, 4.69) is 12.1 Å². The Morgan fingerprint density at radius 1 is 0.960 bits per heavy atom. The van der Waals surface area contributed by atoms with Crippen LogP contribution in [0.1, 0.15) is 50.8 Å². The van der Waals surface area contributed by atoms with Gasteiger partial charge in [-0.25, -0.2) is 8.78 Å². The first-order chi connectivity index (χ1) is 12.1. The lowest BCUT2D eigenvalue weighted by Crippen LogP contribution is -2.49. The van der Waals surface area contributed by atoms with Crippen molar-refractivity contribution in [2.45, 2.75) is 52.1 Å². The average molecular weight is 345 g/mol. The highest BCUT2D eigenvalue weighted by Gasteiger charge is 2.47. The number of rotatable bonds is 4. The van der Waals surface area contributed by atoms with Gasteiger partial charge >= 0.3 is 0 Å². The maximum Gasteiger partial charge on any atom is 0.263 e. The topological polar surface area (TPSA) is 3.24 Å². The van der Waals surface area contributed by atoms with Gasteiger partial charge in [0.05, 0.1) is 6.54 Å². The quantitative estimate of drug-likeness (QED) is 0.626. The summed E-state index contributed by atoms with van der Waals surface area (Å²) >= 11 is 0. The van der Waals surface area contributed by atoms with Crippen molar-refractivity contribution in [3.8, 4) is 0 Å². The predicted molar refractivity (Wildman–Crippen MR) is 101 cm³/mol. The van der Waals surface area contributed by atoms with Crippen LogP contribution < -0.4 is 0 Å². The van der Waals surface area contributed by atoms with Gasteiger partial charge in [-0.2, -0.15) is 0 Å². The number of piperidine rings is 1. The van der Waals surface area contributed by atoms with E-state index < -0.39 is 11.8 Å². The molecule has 3 heteroatoms. The third-order valence-corrected chi connectivity index (χ3v) is 4.87. The zero-order valence-electron chi connectivity index (χ0n) is 15.5. The first-order valence-electron chi connectivity index (χ1n) is 9.31. The molecule has 2 aromatic rings. The van der Waals surface area contributed by atoms with Crippen molar-refractivity contribution in [3.63, 3.8) is 0 Å². The van der Waals surface area contributed by atoms with Gasteiger partial charge in [-0.15, -0.1) is 0 Å². The summed E-state index contributed by atoms with van der Waals surface area (Å²) in [5.41, 5.74) is 2.22. The van der Waals surface area contributed by atoms with E-state index in [-0.39, 0.29) is 12.6 Å². The summed E-state index contributed by atoms with van der Waals surface area (Å²) in [6, 6.07) is 20.0. The van der Waals surface area contributed by atoms with E-state index >= 15 is 0 Å². The highest BCUT2D eigenvalue weighted by molar-refractivity contribution is 5.22. The molecule has 0 aromatic heterocycles. The molecule has 25 heavy (non-hydrogen) atoms. The molecule has 1 nitrogen and oxygen atoms in total. The Hall–Kier alpha value is -1.74. The van der Waals surface area contributed by atoms with Crippen LogP contribution in [-0.4, -0.2) is 17.4 Å². The van der Waals surface area contributed by atoms with E-state index in [4.69, 9.17) is 0 Å². The molecule has 2 aromatic carbocycles. The summed E-state index contributed by atoms with van der Waals surface area (Å²) in [4.78, 5) is 1.94. The molecule has 136 valence electrons. The fourth-order valence-electron chi connectivity index (χ4n) is 3.57. The molecule has 0 bridgehead atoms. The second-order valence-electron chi connectivity index (χ2n) is 6.42. The molecule has 0 radical (unpaired) electrons. The van der Waals surface area contributed by atoms with Crippen molar-refractivity contribution < 1.29 is 8.78 Å². The lowest BCUT2D eigenvalue weighted by atomic mass is 9.83. The summed E-state index contributed by atoms with van der Waals surface area (Å²) in [5.74, 6) is -3.16. The zero-order chi connectivity index (χ0) is 18.3. The molecular formula is C22H29F2N. The fraction of sp³-hybridized carbons (Fsp3) is 0.455. The molecular weight excluding hydrogens is 316 g/mol. The predicted octanol–water partition coefficient (Wildman–Crippen LogP) is 6.32. The molecule has 3 rings (SSSR count). The van der Waals surface area contributed by atoms with Crippen LogP contribution in [0.15, 0.2) is 60.7 Å². The number of hydrogen-bond donors (Lipinski definition) is 0. The van der Waals surface area contributed by atoms with Gasteiger partial charge in [-0.1, -0.05) is 81.4 Å². The largest absolute Gasteiger partial charge is 0.286 e. The molecule has 1 aliphatic heterocycles. The van der Waals surface area contributed by atoms with Crippen LogP contribution >= 0.6 is 0 Å². The van der Waals surface area contributed by atoms with Crippen molar-refractivity contribution in [2.24, 2.45) is 5.92 Å². The van der Waals surface area contributed by atoms with E-state index in [0.29, 0.717) is 19.4 Å². The van der Waals surface area contributed by atoms with Crippen molar-refractivity contribution >= 4 is 0 Å². The summed E-state index contributed by atoms with van der Waals surface area (Å²) in [6.07, 6.45) is 1.04. The molecule has 0 saturated carbocycles. The van der Waals surface area contributed by atoms with Crippen LogP contribution in [0.3, 0.4) is 0 Å². The molecule has 0 amide bonds. The van der Waals surface area contributed by atoms with E-state index in [1.807, 2.05) is 74.2 Å². The highest BCUT2D eigenvalue weighted by atomic mass is 19.3. The maximum atomic E-state index is 14.5. The van der Waals surface area contributed by atoms with Gasteiger partial charge in [0, 0.05) is 18.5 Å². The van der Waals surface area contributed by atoms with Gasteiger partial charge in [-0.3, -0.25) is 4.90 Å². The molecule has 1 fully saturated rings. The SMILES string of the molecule is CC.CCC1CC(c2ccccc2)N(Cc2ccccc2)CC1(F)F. The Labute approximate surface area is 150 Å². The Balaban J connectivity index is 0.00000109. The van der Waals surface area contributed by atoms with Crippen LogP contribution in [0.25, 0.3) is 0 Å². The number of halogens is 2. The van der Waals surface area contributed by atoms with Crippen LogP contribution in [0.5, 0.6) is 0 Å². The number of likely N-dealkylation sites (tertiary alicyclic amines) is 1. The van der Waals surface area contributed by atoms with Gasteiger partial charge in [0.1, 0.15) is 0 Å². The lowest BCUT2D eigenvalue weighted by molar-refractivity contribution is -0.132. The summed E-state index contributed by atoms with van der Waals surface area (Å²) in [7, 11) is 0. The molecule has 1 aliphatic rings. The Kier molecular flexibility index (Phi) is 7.12. The highest BCUT2D eigenvalue weighted by Crippen LogP contribution is 2.44. The third kappa shape index (κ3) is 4.88. The number of alkyl halides is 2. The summed E-state index contributed by atoms with van der Waals surface area (Å²) in [6.45, 7) is 6.26. The first-order valence-corrected chi connectivity index (χ1v) is 9.31. The standard InChI is InChI=1S/C20H23F2N.C2H6/c1-2-18-13-19(17-11-7-4-8-12-17)23(15-20(18,21)22)14-16-9-5-3-6-10-16;1-2/h3-12,18-19H,2,13-15H2,1H3;1-2H3. The molecule has 2 atom stereocenters. The number of hydrogen-bond acceptors (Lipinski definition) is 1. The van der Waals surface area contributed by atoms with E-state index in [1.165, 1.54) is 0 Å². The second-order valence-corrected chi connectivity index (χ2v) is 6.42. The minimum Gasteiger partial charge on any atom is -0.286 e. The van der Waals surface area contributed by atoms with Crippen LogP contribution in [0, 0.1) is 5.92 Å². The molecule has 0 N–H and O–H groups in total. The normalized spacial score (nSPS) is 22.8. The van der Waals surface area contributed by atoms with E-state index in [1.54, 1.807) is 0 Å². The fourth-order valence-corrected chi connectivity index (χ4v) is 3.57. The van der Waals surface area contributed by atoms with Gasteiger partial charge in [0.25, 0.3) is 5.92 Å². The molecule has 0 spiro atoms. The molecule has 1 saturated heterocycles. The third-order valence-electron chi connectivity index (χ3n) is 4.87. The summed E-state index contributed by atoms with van der Waals surface area (Å²) < 4.78 is 28.9. The number of benzene rings is 2. The monoisotopic (exact) mass is 345 g/mol. The van der Waals surface area contributed by atoms with Crippen molar-refractivity contribution in [1.82, 2.24) is 4.90 Å². The smallest absolute Gasteiger partial charge is 0.263 e. The lowest BCUT2D eigenvalue weighted by Gasteiger charge is -2.44. The van der Waals surface area contributed by atoms with Gasteiger partial charge < -0.3 is 0 Å². The number of nitrogens with zero attached hydrogens (tertiary/aromatic N) is 1. The maximum absolute atomic E-state index is 14.5. The second kappa shape index (κ2) is 9.10. The minimum atomic E-state index is -2.62. The van der Waals surface area contributed by atoms with Gasteiger partial charge in [0.2, 0.25) is 0 Å². The molecule has 0 aliphatic carbocycles. The van der Waals surface area contributed by atoms with Gasteiger partial charge in [0.15, 0.2) is 0 Å². The van der Waals surface area contributed by atoms with Gasteiger partial charge in [-0.05, 0) is 24.0 Å². The van der Waals surface area contributed by atoms with Crippen LogP contribution in [-0.2, 0) is 6.54 Å². The van der Waals surface area contributed by atoms with Crippen molar-refractivity contribution in [2.75, 3.05) is 6.54 Å². The van der Waals surface area contributed by atoms with Crippen LogP contribution in [0.2, 0.25) is 0 Å². The first kappa shape index (κ1) is 19.6. The molecule has 2 unspecified atom stereocenters. The summed E-state index contributed by atoms with van der Waals surface area (Å²) in [5, 5.41) is 0. The average Bonchev–Trinajstić information content (AvgIpc) is 2.64. The van der Waals surface area contributed by atoms with E-state index in [9.17, 15) is 8.78 Å². The zero-order valence-corrected chi connectivity index (χ0v) is 15.5. The van der Waals surface area contributed by atoms with E-state index in [0.717, 1.165) is 11.1 Å². The van der Waals surface area contributed by atoms with Crippen molar-refractivity contribution in [1.29, 1.82) is 0 Å². The Bertz CT molecular complexity index is 612. The van der Waals surface area contributed by atoms with Crippen molar-refractivity contribution in [3.05, 3.63) is 71.8 Å². The molecule has 1 heterocycles. The van der Waals surface area contributed by atoms with Crippen LogP contribution in [0.4, 0.5) is 8.78 Å².